The van der Waals surface area contributed by atoms with Gasteiger partial charge in [-0.3, -0.25) is 9.59 Å². The van der Waals surface area contributed by atoms with Gasteiger partial charge in [-0.15, -0.1) is 0 Å². The lowest BCUT2D eigenvalue weighted by molar-refractivity contribution is -0.128. The second-order valence-electron chi connectivity index (χ2n) is 5.62. The SMILES string of the molecule is CC.CCCCCCCCCCN1CC(C(N)=O)CC1=O. The van der Waals surface area contributed by atoms with Crippen LogP contribution in [0.25, 0.3) is 0 Å². The van der Waals surface area contributed by atoms with Crippen LogP contribution < -0.4 is 5.73 Å². The Bertz CT molecular complexity index is 293. The molecule has 0 radical (unpaired) electrons. The van der Waals surface area contributed by atoms with Crippen LogP contribution in [0.15, 0.2) is 0 Å². The highest BCUT2D eigenvalue weighted by molar-refractivity contribution is 5.88. The molecule has 0 bridgehead atoms. The van der Waals surface area contributed by atoms with Gasteiger partial charge in [-0.05, 0) is 6.42 Å². The van der Waals surface area contributed by atoms with Gasteiger partial charge >= 0.3 is 0 Å². The number of nitrogens with zero attached hydrogens (tertiary/aromatic N) is 1. The summed E-state index contributed by atoms with van der Waals surface area (Å²) >= 11 is 0. The van der Waals surface area contributed by atoms with Gasteiger partial charge in [0.25, 0.3) is 0 Å². The first-order valence-electron chi connectivity index (χ1n) is 8.72. The molecule has 0 spiro atoms. The van der Waals surface area contributed by atoms with Crippen LogP contribution in [-0.4, -0.2) is 29.8 Å². The minimum Gasteiger partial charge on any atom is -0.369 e. The summed E-state index contributed by atoms with van der Waals surface area (Å²) in [6.45, 7) is 7.55. The third kappa shape index (κ3) is 8.74. The van der Waals surface area contributed by atoms with E-state index in [4.69, 9.17) is 5.73 Å². The molecule has 0 aromatic rings. The summed E-state index contributed by atoms with van der Waals surface area (Å²) in [6, 6.07) is 0. The number of primary amides is 1. The molecule has 2 amide bonds. The Morgan fingerprint density at radius 2 is 1.62 bits per heavy atom. The number of amides is 2. The summed E-state index contributed by atoms with van der Waals surface area (Å²) in [5, 5.41) is 0. The maximum atomic E-state index is 11.6. The van der Waals surface area contributed by atoms with Crippen molar-refractivity contribution < 1.29 is 9.59 Å². The van der Waals surface area contributed by atoms with Crippen molar-refractivity contribution in [2.45, 2.75) is 78.6 Å². The molecular weight excluding hydrogens is 264 g/mol. The van der Waals surface area contributed by atoms with Gasteiger partial charge < -0.3 is 10.6 Å². The van der Waals surface area contributed by atoms with Crippen molar-refractivity contribution in [2.24, 2.45) is 11.7 Å². The number of hydrogen-bond acceptors (Lipinski definition) is 2. The molecule has 1 unspecified atom stereocenters. The molecule has 0 aromatic carbocycles. The molecule has 124 valence electrons. The predicted molar refractivity (Wildman–Crippen MR) is 87.8 cm³/mol. The van der Waals surface area contributed by atoms with Gasteiger partial charge in [0.05, 0.1) is 5.92 Å². The number of carbonyl (C=O) groups is 2. The average Bonchev–Trinajstić information content (AvgIpc) is 2.86. The van der Waals surface area contributed by atoms with Crippen LogP contribution in [0.1, 0.15) is 78.6 Å². The van der Waals surface area contributed by atoms with E-state index >= 15 is 0 Å². The molecule has 1 atom stereocenters. The fourth-order valence-corrected chi connectivity index (χ4v) is 2.62. The van der Waals surface area contributed by atoms with Crippen molar-refractivity contribution in [1.29, 1.82) is 0 Å². The molecule has 1 aliphatic heterocycles. The summed E-state index contributed by atoms with van der Waals surface area (Å²) < 4.78 is 0. The summed E-state index contributed by atoms with van der Waals surface area (Å²) in [4.78, 5) is 24.5. The zero-order valence-electron chi connectivity index (χ0n) is 14.2. The average molecular weight is 298 g/mol. The summed E-state index contributed by atoms with van der Waals surface area (Å²) in [5.41, 5.74) is 5.24. The molecule has 4 nitrogen and oxygen atoms in total. The van der Waals surface area contributed by atoms with Crippen LogP contribution in [-0.2, 0) is 9.59 Å². The van der Waals surface area contributed by atoms with Crippen LogP contribution in [0.2, 0.25) is 0 Å². The number of unbranched alkanes of at least 4 members (excludes halogenated alkanes) is 7. The van der Waals surface area contributed by atoms with Gasteiger partial charge in [0.1, 0.15) is 0 Å². The Hall–Kier alpha value is -1.06. The maximum Gasteiger partial charge on any atom is 0.223 e. The normalized spacial score (nSPS) is 17.6. The molecule has 1 rings (SSSR count). The van der Waals surface area contributed by atoms with Crippen molar-refractivity contribution in [1.82, 2.24) is 4.90 Å². The smallest absolute Gasteiger partial charge is 0.223 e. The van der Waals surface area contributed by atoms with E-state index in [0.29, 0.717) is 13.0 Å². The summed E-state index contributed by atoms with van der Waals surface area (Å²) in [6.07, 6.45) is 10.4. The van der Waals surface area contributed by atoms with E-state index in [-0.39, 0.29) is 17.7 Å². The van der Waals surface area contributed by atoms with Gasteiger partial charge in [0.15, 0.2) is 0 Å². The molecule has 2 N–H and O–H groups in total. The van der Waals surface area contributed by atoms with Crippen molar-refractivity contribution in [3.63, 3.8) is 0 Å². The Morgan fingerprint density at radius 1 is 1.10 bits per heavy atom. The first-order valence-corrected chi connectivity index (χ1v) is 8.72. The van der Waals surface area contributed by atoms with Crippen LogP contribution >= 0.6 is 0 Å². The zero-order valence-corrected chi connectivity index (χ0v) is 14.2. The van der Waals surface area contributed by atoms with E-state index in [1.165, 1.54) is 44.9 Å². The highest BCUT2D eigenvalue weighted by atomic mass is 16.2. The number of carbonyl (C=O) groups excluding carboxylic acids is 2. The van der Waals surface area contributed by atoms with E-state index in [0.717, 1.165) is 13.0 Å². The minimum atomic E-state index is -0.341. The second-order valence-corrected chi connectivity index (χ2v) is 5.62. The molecular formula is C17H34N2O2. The van der Waals surface area contributed by atoms with Crippen molar-refractivity contribution in [2.75, 3.05) is 13.1 Å². The number of rotatable bonds is 10. The molecule has 1 heterocycles. The van der Waals surface area contributed by atoms with E-state index in [1.807, 2.05) is 13.8 Å². The van der Waals surface area contributed by atoms with E-state index in [2.05, 4.69) is 6.92 Å². The number of likely N-dealkylation sites (tertiary alicyclic amines) is 1. The van der Waals surface area contributed by atoms with Crippen LogP contribution in [0.3, 0.4) is 0 Å². The molecule has 1 fully saturated rings. The third-order valence-electron chi connectivity index (χ3n) is 3.90. The summed E-state index contributed by atoms with van der Waals surface area (Å²) in [7, 11) is 0. The Morgan fingerprint density at radius 3 is 2.10 bits per heavy atom. The van der Waals surface area contributed by atoms with Gasteiger partial charge in [0.2, 0.25) is 11.8 Å². The van der Waals surface area contributed by atoms with E-state index in [1.54, 1.807) is 4.90 Å². The Balaban J connectivity index is 0.00000191. The first kappa shape index (κ1) is 19.9. The first-order chi connectivity index (χ1) is 10.1. The van der Waals surface area contributed by atoms with Crippen LogP contribution in [0.5, 0.6) is 0 Å². The quantitative estimate of drug-likeness (QED) is 0.627. The molecule has 0 aliphatic carbocycles. The fraction of sp³-hybridized carbons (Fsp3) is 0.882. The zero-order chi connectivity index (χ0) is 16.1. The Labute approximate surface area is 130 Å². The lowest BCUT2D eigenvalue weighted by Gasteiger charge is -2.15. The van der Waals surface area contributed by atoms with E-state index in [9.17, 15) is 9.59 Å². The number of nitrogens with two attached hydrogens (primary N) is 1. The van der Waals surface area contributed by atoms with Gasteiger partial charge in [-0.1, -0.05) is 65.7 Å². The van der Waals surface area contributed by atoms with Crippen molar-refractivity contribution >= 4 is 11.8 Å². The highest BCUT2D eigenvalue weighted by Crippen LogP contribution is 2.18. The van der Waals surface area contributed by atoms with E-state index < -0.39 is 0 Å². The van der Waals surface area contributed by atoms with Crippen LogP contribution in [0, 0.1) is 5.92 Å². The molecule has 0 saturated carbocycles. The van der Waals surface area contributed by atoms with Crippen LogP contribution in [0.4, 0.5) is 0 Å². The molecule has 1 aliphatic rings. The molecule has 1 saturated heterocycles. The fourth-order valence-electron chi connectivity index (χ4n) is 2.62. The summed E-state index contributed by atoms with van der Waals surface area (Å²) in [5.74, 6) is -0.514. The lowest BCUT2D eigenvalue weighted by Crippen LogP contribution is -2.29. The Kier molecular flexibility index (Phi) is 12.0. The molecule has 4 heteroatoms. The molecule has 0 aromatic heterocycles. The second kappa shape index (κ2) is 12.7. The number of hydrogen-bond donors (Lipinski definition) is 1. The van der Waals surface area contributed by atoms with Gasteiger partial charge in [0, 0.05) is 19.5 Å². The largest absolute Gasteiger partial charge is 0.369 e. The monoisotopic (exact) mass is 298 g/mol. The topological polar surface area (TPSA) is 63.4 Å². The minimum absolute atomic E-state index is 0.0896. The van der Waals surface area contributed by atoms with Gasteiger partial charge in [-0.25, -0.2) is 0 Å². The predicted octanol–water partition coefficient (Wildman–Crippen LogP) is 3.49. The molecule has 21 heavy (non-hydrogen) atoms. The third-order valence-corrected chi connectivity index (χ3v) is 3.90. The van der Waals surface area contributed by atoms with Crippen molar-refractivity contribution in [3.05, 3.63) is 0 Å². The van der Waals surface area contributed by atoms with Gasteiger partial charge in [-0.2, -0.15) is 0 Å². The van der Waals surface area contributed by atoms with Crippen molar-refractivity contribution in [3.8, 4) is 0 Å². The standard InChI is InChI=1S/C15H28N2O2.C2H6/c1-2-3-4-5-6-7-8-9-10-17-12-13(15(16)19)11-14(17)18;1-2/h13H,2-12H2,1H3,(H2,16,19);1-2H3. The maximum absolute atomic E-state index is 11.6. The highest BCUT2D eigenvalue weighted by Gasteiger charge is 2.32. The lowest BCUT2D eigenvalue weighted by atomic mass is 10.1.